The second-order valence-corrected chi connectivity index (χ2v) is 7.05. The lowest BCUT2D eigenvalue weighted by atomic mass is 10.0. The maximum absolute atomic E-state index is 13.4. The molecule has 0 bridgehead atoms. The van der Waals surface area contributed by atoms with Crippen molar-refractivity contribution in [3.8, 4) is 0 Å². The smallest absolute Gasteiger partial charge is 0.125 e. The molecular formula is C15H19BrClFN2. The van der Waals surface area contributed by atoms with Crippen molar-refractivity contribution in [2.75, 3.05) is 18.0 Å². The molecule has 2 unspecified atom stereocenters. The van der Waals surface area contributed by atoms with Crippen LogP contribution in [0.4, 0.5) is 10.1 Å². The Bertz CT molecular complexity index is 484. The first-order valence-electron chi connectivity index (χ1n) is 7.24. The van der Waals surface area contributed by atoms with Gasteiger partial charge < -0.3 is 10.2 Å². The fourth-order valence-electron chi connectivity index (χ4n) is 3.09. The fraction of sp³-hybridized carbons (Fsp3) is 0.600. The summed E-state index contributed by atoms with van der Waals surface area (Å²) in [5.41, 5.74) is 0.937. The predicted molar refractivity (Wildman–Crippen MR) is 85.0 cm³/mol. The fourth-order valence-corrected chi connectivity index (χ4v) is 4.17. The zero-order valence-corrected chi connectivity index (χ0v) is 13.8. The second-order valence-electron chi connectivity index (χ2n) is 5.78. The minimum Gasteiger partial charge on any atom is -0.364 e. The molecule has 1 aliphatic carbocycles. The number of rotatable bonds is 3. The third-order valence-electron chi connectivity index (χ3n) is 4.38. The standard InChI is InChI=1S/C15H19BrClFN2/c1-2-11-7-19-14(9-3-4-9)8-20(11)15-12(16)5-10(18)6-13(15)17/h5-6,9,11,14,19H,2-4,7-8H2,1H3. The van der Waals surface area contributed by atoms with Gasteiger partial charge in [-0.3, -0.25) is 0 Å². The van der Waals surface area contributed by atoms with E-state index >= 15 is 0 Å². The highest BCUT2D eigenvalue weighted by Crippen LogP contribution is 2.40. The molecule has 2 fully saturated rings. The van der Waals surface area contributed by atoms with Gasteiger partial charge in [0, 0.05) is 29.6 Å². The number of halogens is 3. The largest absolute Gasteiger partial charge is 0.364 e. The molecule has 1 N–H and O–H groups in total. The van der Waals surface area contributed by atoms with E-state index in [2.05, 4.69) is 33.1 Å². The maximum atomic E-state index is 13.4. The van der Waals surface area contributed by atoms with E-state index in [0.29, 0.717) is 17.1 Å². The average Bonchev–Trinajstić information content (AvgIpc) is 3.21. The molecule has 2 nitrogen and oxygen atoms in total. The molecule has 2 atom stereocenters. The van der Waals surface area contributed by atoms with Crippen LogP contribution in [-0.2, 0) is 0 Å². The van der Waals surface area contributed by atoms with Crippen LogP contribution in [0.1, 0.15) is 26.2 Å². The van der Waals surface area contributed by atoms with E-state index in [1.54, 1.807) is 0 Å². The number of anilines is 1. The topological polar surface area (TPSA) is 15.3 Å². The summed E-state index contributed by atoms with van der Waals surface area (Å²) in [6.07, 6.45) is 3.69. The van der Waals surface area contributed by atoms with E-state index in [1.165, 1.54) is 25.0 Å². The van der Waals surface area contributed by atoms with Gasteiger partial charge in [-0.2, -0.15) is 0 Å². The summed E-state index contributed by atoms with van der Waals surface area (Å²) in [6.45, 7) is 4.10. The van der Waals surface area contributed by atoms with Crippen LogP contribution in [0.25, 0.3) is 0 Å². The maximum Gasteiger partial charge on any atom is 0.125 e. The van der Waals surface area contributed by atoms with Gasteiger partial charge in [0.2, 0.25) is 0 Å². The van der Waals surface area contributed by atoms with Crippen molar-refractivity contribution >= 4 is 33.2 Å². The SMILES string of the molecule is CCC1CNC(C2CC2)CN1c1c(Cl)cc(F)cc1Br. The van der Waals surface area contributed by atoms with Crippen molar-refractivity contribution in [1.82, 2.24) is 5.32 Å². The number of benzene rings is 1. The van der Waals surface area contributed by atoms with Crippen LogP contribution in [0.5, 0.6) is 0 Å². The van der Waals surface area contributed by atoms with Crippen LogP contribution in [0.3, 0.4) is 0 Å². The summed E-state index contributed by atoms with van der Waals surface area (Å²) in [5, 5.41) is 4.15. The number of nitrogens with zero attached hydrogens (tertiary/aromatic N) is 1. The molecule has 2 aliphatic rings. The van der Waals surface area contributed by atoms with E-state index in [0.717, 1.165) is 35.6 Å². The van der Waals surface area contributed by atoms with Crippen molar-refractivity contribution in [3.63, 3.8) is 0 Å². The van der Waals surface area contributed by atoms with Gasteiger partial charge in [-0.1, -0.05) is 18.5 Å². The molecule has 1 saturated heterocycles. The van der Waals surface area contributed by atoms with Crippen molar-refractivity contribution in [1.29, 1.82) is 0 Å². The number of piperazine rings is 1. The molecule has 0 radical (unpaired) electrons. The molecule has 0 spiro atoms. The summed E-state index contributed by atoms with van der Waals surface area (Å²) in [7, 11) is 0. The van der Waals surface area contributed by atoms with Crippen molar-refractivity contribution in [3.05, 3.63) is 27.4 Å². The van der Waals surface area contributed by atoms with Gasteiger partial charge in [-0.25, -0.2) is 4.39 Å². The average molecular weight is 362 g/mol. The molecule has 5 heteroatoms. The van der Waals surface area contributed by atoms with Crippen molar-refractivity contribution < 1.29 is 4.39 Å². The minimum atomic E-state index is -0.299. The third-order valence-corrected chi connectivity index (χ3v) is 5.27. The first-order chi connectivity index (χ1) is 9.60. The van der Waals surface area contributed by atoms with Gasteiger partial charge in [-0.05, 0) is 53.2 Å². The summed E-state index contributed by atoms with van der Waals surface area (Å²) in [4.78, 5) is 2.35. The van der Waals surface area contributed by atoms with E-state index in [-0.39, 0.29) is 5.82 Å². The molecular weight excluding hydrogens is 343 g/mol. The minimum absolute atomic E-state index is 0.299. The van der Waals surface area contributed by atoms with E-state index in [4.69, 9.17) is 11.6 Å². The second kappa shape index (κ2) is 5.82. The van der Waals surface area contributed by atoms with Gasteiger partial charge in [0.15, 0.2) is 0 Å². The Morgan fingerprint density at radius 1 is 1.45 bits per heavy atom. The van der Waals surface area contributed by atoms with Gasteiger partial charge >= 0.3 is 0 Å². The highest BCUT2D eigenvalue weighted by Gasteiger charge is 2.37. The van der Waals surface area contributed by atoms with E-state index in [9.17, 15) is 4.39 Å². The van der Waals surface area contributed by atoms with Gasteiger partial charge in [-0.15, -0.1) is 0 Å². The lowest BCUT2D eigenvalue weighted by molar-refractivity contribution is 0.359. The number of hydrogen-bond donors (Lipinski definition) is 1. The third kappa shape index (κ3) is 2.83. The Hall–Kier alpha value is -0.320. The summed E-state index contributed by atoms with van der Waals surface area (Å²) in [5.74, 6) is 0.501. The normalized spacial score (nSPS) is 26.9. The molecule has 1 aliphatic heterocycles. The Kier molecular flexibility index (Phi) is 4.25. The highest BCUT2D eigenvalue weighted by atomic mass is 79.9. The highest BCUT2D eigenvalue weighted by molar-refractivity contribution is 9.10. The van der Waals surface area contributed by atoms with Crippen LogP contribution in [-0.4, -0.2) is 25.2 Å². The Balaban J connectivity index is 1.92. The summed E-state index contributed by atoms with van der Waals surface area (Å²) in [6, 6.07) is 3.85. The lowest BCUT2D eigenvalue weighted by Gasteiger charge is -2.42. The Morgan fingerprint density at radius 2 is 2.20 bits per heavy atom. The zero-order valence-electron chi connectivity index (χ0n) is 11.5. The van der Waals surface area contributed by atoms with Gasteiger partial charge in [0.05, 0.1) is 10.7 Å². The monoisotopic (exact) mass is 360 g/mol. The quantitative estimate of drug-likeness (QED) is 0.867. The van der Waals surface area contributed by atoms with Crippen molar-refractivity contribution in [2.24, 2.45) is 5.92 Å². The summed E-state index contributed by atoms with van der Waals surface area (Å²) >= 11 is 9.78. The first-order valence-corrected chi connectivity index (χ1v) is 8.41. The van der Waals surface area contributed by atoms with E-state index < -0.39 is 0 Å². The first kappa shape index (κ1) is 14.6. The predicted octanol–water partition coefficient (Wildman–Crippen LogP) is 4.21. The molecule has 110 valence electrons. The van der Waals surface area contributed by atoms with Gasteiger partial charge in [0.25, 0.3) is 0 Å². The molecule has 20 heavy (non-hydrogen) atoms. The van der Waals surface area contributed by atoms with Crippen LogP contribution < -0.4 is 10.2 Å². The van der Waals surface area contributed by atoms with Crippen LogP contribution in [0.15, 0.2) is 16.6 Å². The Morgan fingerprint density at radius 3 is 2.80 bits per heavy atom. The van der Waals surface area contributed by atoms with Crippen LogP contribution in [0.2, 0.25) is 5.02 Å². The number of nitrogens with one attached hydrogen (secondary N) is 1. The van der Waals surface area contributed by atoms with Crippen LogP contribution >= 0.6 is 27.5 Å². The number of hydrogen-bond acceptors (Lipinski definition) is 2. The zero-order chi connectivity index (χ0) is 14.3. The lowest BCUT2D eigenvalue weighted by Crippen LogP contribution is -2.57. The summed E-state index contributed by atoms with van der Waals surface area (Å²) < 4.78 is 14.2. The molecule has 1 aromatic rings. The van der Waals surface area contributed by atoms with E-state index in [1.807, 2.05) is 0 Å². The molecule has 1 heterocycles. The molecule has 1 saturated carbocycles. The molecule has 0 aromatic heterocycles. The Labute approximate surface area is 132 Å². The molecule has 1 aromatic carbocycles. The van der Waals surface area contributed by atoms with Crippen molar-refractivity contribution in [2.45, 2.75) is 38.3 Å². The molecule has 0 amide bonds. The molecule has 3 rings (SSSR count). The van der Waals surface area contributed by atoms with Crippen LogP contribution in [0, 0.1) is 11.7 Å². The van der Waals surface area contributed by atoms with Gasteiger partial charge in [0.1, 0.15) is 5.82 Å².